The molecule has 0 bridgehead atoms. The van der Waals surface area contributed by atoms with E-state index in [-0.39, 0.29) is 5.91 Å². The maximum Gasteiger partial charge on any atom is 0.261 e. The summed E-state index contributed by atoms with van der Waals surface area (Å²) >= 11 is 5.94. The van der Waals surface area contributed by atoms with Crippen molar-refractivity contribution < 1.29 is 14.1 Å². The molecule has 1 unspecified atom stereocenters. The van der Waals surface area contributed by atoms with Crippen molar-refractivity contribution in [3.05, 3.63) is 41.0 Å². The molecule has 1 aliphatic rings. The highest BCUT2D eigenvalue weighted by Gasteiger charge is 2.42. The Labute approximate surface area is 145 Å². The van der Waals surface area contributed by atoms with Gasteiger partial charge < -0.3 is 14.6 Å². The Kier molecular flexibility index (Phi) is 4.76. The summed E-state index contributed by atoms with van der Waals surface area (Å²) in [5.74, 6) is 1.38. The van der Waals surface area contributed by atoms with E-state index >= 15 is 0 Å². The zero-order valence-corrected chi connectivity index (χ0v) is 14.5. The summed E-state index contributed by atoms with van der Waals surface area (Å²) in [7, 11) is 0. The third kappa shape index (κ3) is 3.53. The second-order valence-corrected chi connectivity index (χ2v) is 6.57. The van der Waals surface area contributed by atoms with Crippen LogP contribution in [-0.2, 0) is 10.3 Å². The SMILES string of the molecule is Cc1nc(C2(NC(=O)C(C)Oc3cccc(Cl)c3)CCCC2)no1. The van der Waals surface area contributed by atoms with Gasteiger partial charge in [-0.25, -0.2) is 0 Å². The molecule has 6 nitrogen and oxygen atoms in total. The van der Waals surface area contributed by atoms with Gasteiger partial charge in [0.15, 0.2) is 11.9 Å². The van der Waals surface area contributed by atoms with Crippen molar-refractivity contribution in [1.29, 1.82) is 0 Å². The summed E-state index contributed by atoms with van der Waals surface area (Å²) < 4.78 is 10.8. The fourth-order valence-electron chi connectivity index (χ4n) is 3.01. The number of halogens is 1. The molecule has 1 aromatic carbocycles. The summed E-state index contributed by atoms with van der Waals surface area (Å²) in [6.07, 6.45) is 2.95. The van der Waals surface area contributed by atoms with Crippen LogP contribution in [0.25, 0.3) is 0 Å². The lowest BCUT2D eigenvalue weighted by molar-refractivity contribution is -0.129. The normalized spacial score (nSPS) is 17.5. The first kappa shape index (κ1) is 16.8. The molecule has 7 heteroatoms. The van der Waals surface area contributed by atoms with Gasteiger partial charge in [0.1, 0.15) is 11.3 Å². The van der Waals surface area contributed by atoms with E-state index in [1.165, 1.54) is 0 Å². The van der Waals surface area contributed by atoms with Crippen LogP contribution in [0.15, 0.2) is 28.8 Å². The van der Waals surface area contributed by atoms with Gasteiger partial charge >= 0.3 is 0 Å². The number of aryl methyl sites for hydroxylation is 1. The Morgan fingerprint density at radius 2 is 2.17 bits per heavy atom. The van der Waals surface area contributed by atoms with Crippen LogP contribution in [0.2, 0.25) is 5.02 Å². The molecule has 0 spiro atoms. The molecule has 128 valence electrons. The third-order valence-corrected chi connectivity index (χ3v) is 4.49. The number of rotatable bonds is 5. The number of nitrogens with zero attached hydrogens (tertiary/aromatic N) is 2. The Balaban J connectivity index is 1.72. The van der Waals surface area contributed by atoms with E-state index in [4.69, 9.17) is 20.9 Å². The highest BCUT2D eigenvalue weighted by atomic mass is 35.5. The molecule has 0 radical (unpaired) electrons. The largest absolute Gasteiger partial charge is 0.481 e. The second kappa shape index (κ2) is 6.81. The first-order valence-electron chi connectivity index (χ1n) is 8.03. The average Bonchev–Trinajstić information content (AvgIpc) is 3.17. The van der Waals surface area contributed by atoms with Gasteiger partial charge in [-0.05, 0) is 38.0 Å². The van der Waals surface area contributed by atoms with E-state index in [0.29, 0.717) is 22.5 Å². The standard InChI is InChI=1S/C17H20ClN3O3/c1-11(23-14-7-5-6-13(18)10-14)15(22)20-17(8-3-4-9-17)16-19-12(2)24-21-16/h5-7,10-11H,3-4,8-9H2,1-2H3,(H,20,22). The molecular weight excluding hydrogens is 330 g/mol. The Morgan fingerprint density at radius 1 is 1.42 bits per heavy atom. The van der Waals surface area contributed by atoms with Crippen LogP contribution >= 0.6 is 11.6 Å². The Hall–Kier alpha value is -2.08. The molecular formula is C17H20ClN3O3. The molecule has 2 aromatic rings. The van der Waals surface area contributed by atoms with E-state index in [9.17, 15) is 4.79 Å². The van der Waals surface area contributed by atoms with Crippen molar-refractivity contribution in [2.24, 2.45) is 0 Å². The summed E-state index contributed by atoms with van der Waals surface area (Å²) in [6.45, 7) is 3.45. The van der Waals surface area contributed by atoms with Gasteiger partial charge in [-0.2, -0.15) is 4.98 Å². The maximum absolute atomic E-state index is 12.6. The third-order valence-electron chi connectivity index (χ3n) is 4.25. The van der Waals surface area contributed by atoms with Gasteiger partial charge in [0.05, 0.1) is 0 Å². The highest BCUT2D eigenvalue weighted by molar-refractivity contribution is 6.30. The molecule has 1 atom stereocenters. The van der Waals surface area contributed by atoms with Crippen molar-refractivity contribution in [1.82, 2.24) is 15.5 Å². The molecule has 0 aliphatic heterocycles. The van der Waals surface area contributed by atoms with Crippen LogP contribution in [0, 0.1) is 6.92 Å². The van der Waals surface area contributed by atoms with Crippen LogP contribution in [-0.4, -0.2) is 22.2 Å². The molecule has 24 heavy (non-hydrogen) atoms. The van der Waals surface area contributed by atoms with Gasteiger partial charge in [-0.15, -0.1) is 0 Å². The number of carbonyl (C=O) groups excluding carboxylic acids is 1. The number of ether oxygens (including phenoxy) is 1. The highest BCUT2D eigenvalue weighted by Crippen LogP contribution is 2.37. The summed E-state index contributed by atoms with van der Waals surface area (Å²) in [5.41, 5.74) is -0.569. The molecule has 3 rings (SSSR count). The first-order chi connectivity index (χ1) is 11.5. The molecule has 0 saturated heterocycles. The number of hydrogen-bond donors (Lipinski definition) is 1. The number of benzene rings is 1. The molecule has 1 amide bonds. The first-order valence-corrected chi connectivity index (χ1v) is 8.41. The maximum atomic E-state index is 12.6. The van der Waals surface area contributed by atoms with Crippen molar-refractivity contribution >= 4 is 17.5 Å². The minimum atomic E-state index is -0.658. The number of nitrogens with one attached hydrogen (secondary N) is 1. The van der Waals surface area contributed by atoms with Gasteiger partial charge in [-0.3, -0.25) is 4.79 Å². The zero-order chi connectivity index (χ0) is 17.2. The molecule has 1 saturated carbocycles. The summed E-state index contributed by atoms with van der Waals surface area (Å²) in [6, 6.07) is 6.98. The van der Waals surface area contributed by atoms with Gasteiger partial charge in [0.2, 0.25) is 5.89 Å². The van der Waals surface area contributed by atoms with Crippen LogP contribution in [0.1, 0.15) is 44.3 Å². The summed E-state index contributed by atoms with van der Waals surface area (Å²) in [5, 5.41) is 7.66. The van der Waals surface area contributed by atoms with E-state index in [2.05, 4.69) is 15.5 Å². The van der Waals surface area contributed by atoms with Crippen LogP contribution in [0.3, 0.4) is 0 Å². The number of carbonyl (C=O) groups is 1. The van der Waals surface area contributed by atoms with Crippen molar-refractivity contribution in [3.63, 3.8) is 0 Å². The van der Waals surface area contributed by atoms with Gasteiger partial charge in [0, 0.05) is 11.9 Å². The average molecular weight is 350 g/mol. The topological polar surface area (TPSA) is 77.2 Å². The fourth-order valence-corrected chi connectivity index (χ4v) is 3.19. The molecule has 1 aromatic heterocycles. The van der Waals surface area contributed by atoms with Crippen LogP contribution < -0.4 is 10.1 Å². The van der Waals surface area contributed by atoms with Crippen LogP contribution in [0.4, 0.5) is 0 Å². The van der Waals surface area contributed by atoms with E-state index in [0.717, 1.165) is 25.7 Å². The van der Waals surface area contributed by atoms with E-state index < -0.39 is 11.6 Å². The van der Waals surface area contributed by atoms with Crippen molar-refractivity contribution in [2.75, 3.05) is 0 Å². The number of amides is 1. The minimum Gasteiger partial charge on any atom is -0.481 e. The summed E-state index contributed by atoms with van der Waals surface area (Å²) in [4.78, 5) is 16.9. The minimum absolute atomic E-state index is 0.209. The smallest absolute Gasteiger partial charge is 0.261 e. The predicted molar refractivity (Wildman–Crippen MR) is 88.9 cm³/mol. The van der Waals surface area contributed by atoms with Crippen molar-refractivity contribution in [3.8, 4) is 5.75 Å². The molecule has 1 fully saturated rings. The fraction of sp³-hybridized carbons (Fsp3) is 0.471. The quantitative estimate of drug-likeness (QED) is 0.895. The molecule has 1 N–H and O–H groups in total. The van der Waals surface area contributed by atoms with Crippen LogP contribution in [0.5, 0.6) is 5.75 Å². The van der Waals surface area contributed by atoms with Crippen molar-refractivity contribution in [2.45, 2.75) is 51.2 Å². The number of hydrogen-bond acceptors (Lipinski definition) is 5. The lowest BCUT2D eigenvalue weighted by atomic mass is 9.96. The van der Waals surface area contributed by atoms with Gasteiger partial charge in [-0.1, -0.05) is 35.7 Å². The Morgan fingerprint density at radius 3 is 2.79 bits per heavy atom. The van der Waals surface area contributed by atoms with E-state index in [1.807, 2.05) is 0 Å². The number of aromatic nitrogens is 2. The molecule has 1 aliphatic carbocycles. The monoisotopic (exact) mass is 349 g/mol. The lowest BCUT2D eigenvalue weighted by Crippen LogP contribution is -2.49. The van der Waals surface area contributed by atoms with E-state index in [1.54, 1.807) is 38.1 Å². The second-order valence-electron chi connectivity index (χ2n) is 6.13. The lowest BCUT2D eigenvalue weighted by Gasteiger charge is -2.28. The van der Waals surface area contributed by atoms with Gasteiger partial charge in [0.25, 0.3) is 5.91 Å². The Bertz CT molecular complexity index is 725. The zero-order valence-electron chi connectivity index (χ0n) is 13.7. The predicted octanol–water partition coefficient (Wildman–Crippen LogP) is 3.38. The molecule has 1 heterocycles.